The van der Waals surface area contributed by atoms with Gasteiger partial charge in [-0.1, -0.05) is 39.5 Å². The molecule has 0 saturated heterocycles. The first-order chi connectivity index (χ1) is 37.1. The van der Waals surface area contributed by atoms with E-state index in [2.05, 4.69) is 39.5 Å². The minimum absolute atomic E-state index is 0.0357. The maximum atomic E-state index is 12.0. The van der Waals surface area contributed by atoms with E-state index in [1.54, 1.807) is 0 Å². The zero-order chi connectivity index (χ0) is 58.2. The van der Waals surface area contributed by atoms with Crippen LogP contribution < -0.4 is 0 Å². The van der Waals surface area contributed by atoms with Gasteiger partial charge in [-0.05, 0) is 41.5 Å². The van der Waals surface area contributed by atoms with Gasteiger partial charge < -0.3 is 84.0 Å². The average Bonchev–Trinajstić information content (AvgIpc) is 3.40. The standard InChI is InChI=1S/C48H78N3O24P3/c1-37(2)43(52)64-25-13-58-19-31-70-76(71-32-20-59-14-26-65-44(53)38(3)4)49-77(72-33-21-60-15-27-66-45(54)39(5)6,73-34-22-61-16-28-67-46(55)40(7)8)51-78(50-76,74-35-23-62-17-29-68-47(56)41(9)10)75-36-24-63-18-30-69-48(57)42(11)12/h1,3,5,7,9,11,13-36H2,2,4,6,8,10,12H3. The minimum Gasteiger partial charge on any atom is -0.460 e. The van der Waals surface area contributed by atoms with Gasteiger partial charge in [-0.25, -0.2) is 28.8 Å². The first kappa shape index (κ1) is 71.5. The second-order valence-corrected chi connectivity index (χ2v) is 22.6. The second-order valence-electron chi connectivity index (χ2n) is 15.9. The third kappa shape index (κ3) is 33.2. The number of ether oxygens (including phenoxy) is 12. The van der Waals surface area contributed by atoms with Crippen molar-refractivity contribution in [3.05, 3.63) is 72.9 Å². The number of carbonyl (C=O) groups is 6. The lowest BCUT2D eigenvalue weighted by Gasteiger charge is -2.33. The van der Waals surface area contributed by atoms with Gasteiger partial charge in [0.1, 0.15) is 39.6 Å². The van der Waals surface area contributed by atoms with Crippen LogP contribution in [0.1, 0.15) is 41.5 Å². The molecule has 0 radical (unpaired) electrons. The van der Waals surface area contributed by atoms with Crippen molar-refractivity contribution in [2.24, 2.45) is 13.5 Å². The summed E-state index contributed by atoms with van der Waals surface area (Å²) >= 11 is 0. The first-order valence-electron chi connectivity index (χ1n) is 24.3. The van der Waals surface area contributed by atoms with Crippen molar-refractivity contribution in [2.75, 3.05) is 159 Å². The van der Waals surface area contributed by atoms with Gasteiger partial charge in [-0.15, -0.1) is 13.5 Å². The van der Waals surface area contributed by atoms with Crippen LogP contribution in [0.5, 0.6) is 0 Å². The molecule has 0 N–H and O–H groups in total. The lowest BCUT2D eigenvalue weighted by Crippen LogP contribution is -2.16. The molecule has 0 aromatic rings. The lowest BCUT2D eigenvalue weighted by atomic mass is 10.4. The van der Waals surface area contributed by atoms with E-state index in [1.165, 1.54) is 41.5 Å². The van der Waals surface area contributed by atoms with Gasteiger partial charge >= 0.3 is 58.8 Å². The van der Waals surface area contributed by atoms with E-state index < -0.39 is 58.8 Å². The van der Waals surface area contributed by atoms with E-state index in [0.717, 1.165) is 0 Å². The SMILES string of the molecule is C=C(C)C(=O)OCCOCCOP1(OCCOCCOC(=O)C(=C)C)=NP(OCCOCCOC(=O)C(=C)C)(OCCOCCOC(=O)C(=C)C)=NP(OCCOCCOC(=O)C(=C)C)(OCCOCCOC(=O)C(=C)C)=N1. The predicted octanol–water partition coefficient (Wildman–Crippen LogP) is 6.75. The van der Waals surface area contributed by atoms with Crippen molar-refractivity contribution in [3.8, 4) is 0 Å². The van der Waals surface area contributed by atoms with Crippen LogP contribution in [0.25, 0.3) is 0 Å². The summed E-state index contributed by atoms with van der Waals surface area (Å²) in [5.74, 6) is -3.61. The Morgan fingerprint density at radius 3 is 0.500 bits per heavy atom. The third-order valence-electron chi connectivity index (χ3n) is 8.46. The van der Waals surface area contributed by atoms with Gasteiger partial charge in [0.25, 0.3) is 0 Å². The van der Waals surface area contributed by atoms with Crippen LogP contribution in [0.15, 0.2) is 86.5 Å². The van der Waals surface area contributed by atoms with Gasteiger partial charge in [0.05, 0.1) is 119 Å². The molecule has 0 spiro atoms. The number of carbonyl (C=O) groups excluding carboxylic acids is 6. The number of hydrogen-bond acceptors (Lipinski definition) is 27. The number of rotatable bonds is 48. The molecule has 1 aliphatic heterocycles. The fraction of sp³-hybridized carbons (Fsp3) is 0.625. The van der Waals surface area contributed by atoms with Gasteiger partial charge in [-0.3, -0.25) is 0 Å². The molecule has 27 nitrogen and oxygen atoms in total. The summed E-state index contributed by atoms with van der Waals surface area (Å²) < 4.78 is 118. The van der Waals surface area contributed by atoms with E-state index in [1.807, 2.05) is 0 Å². The molecule has 0 aromatic carbocycles. The summed E-state index contributed by atoms with van der Waals surface area (Å²) in [6.45, 7) is 27.3. The highest BCUT2D eigenvalue weighted by Gasteiger charge is 2.43. The van der Waals surface area contributed by atoms with Crippen LogP contribution in [0.4, 0.5) is 0 Å². The largest absolute Gasteiger partial charge is 0.460 e. The Labute approximate surface area is 456 Å². The molecule has 1 heterocycles. The molecule has 444 valence electrons. The molecular weight excluding hydrogens is 1100 g/mol. The van der Waals surface area contributed by atoms with Crippen LogP contribution in [0.3, 0.4) is 0 Å². The molecule has 0 amide bonds. The molecule has 0 unspecified atom stereocenters. The van der Waals surface area contributed by atoms with Crippen molar-refractivity contribution in [1.29, 1.82) is 0 Å². The van der Waals surface area contributed by atoms with Gasteiger partial charge in [0.2, 0.25) is 0 Å². The Morgan fingerprint density at radius 2 is 0.372 bits per heavy atom. The van der Waals surface area contributed by atoms with Crippen molar-refractivity contribution in [2.45, 2.75) is 41.5 Å². The normalized spacial score (nSPS) is 13.8. The van der Waals surface area contributed by atoms with Gasteiger partial charge in [0.15, 0.2) is 0 Å². The Kier molecular flexibility index (Phi) is 38.0. The molecule has 0 bridgehead atoms. The van der Waals surface area contributed by atoms with Gasteiger partial charge in [0, 0.05) is 33.4 Å². The van der Waals surface area contributed by atoms with Crippen LogP contribution in [0, 0.1) is 0 Å². The van der Waals surface area contributed by atoms with Crippen molar-refractivity contribution in [3.63, 3.8) is 0 Å². The highest BCUT2D eigenvalue weighted by atomic mass is 31.3. The molecular formula is C48H78N3O24P3. The van der Waals surface area contributed by atoms with E-state index in [9.17, 15) is 28.8 Å². The lowest BCUT2D eigenvalue weighted by molar-refractivity contribution is -0.141. The Bertz CT molecular complexity index is 1810. The quantitative estimate of drug-likeness (QED) is 0.0200. The second kappa shape index (κ2) is 41.5. The fourth-order valence-electron chi connectivity index (χ4n) is 4.71. The maximum absolute atomic E-state index is 12.0. The van der Waals surface area contributed by atoms with E-state index in [-0.39, 0.29) is 192 Å². The smallest absolute Gasteiger partial charge is 0.349 e. The Balaban J connectivity index is 3.91. The van der Waals surface area contributed by atoms with Crippen LogP contribution in [-0.4, -0.2) is 194 Å². The monoisotopic (exact) mass is 1170 g/mol. The summed E-state index contributed by atoms with van der Waals surface area (Å²) in [6, 6.07) is 0. The van der Waals surface area contributed by atoms with Crippen LogP contribution in [-0.2, 0) is 113 Å². The Morgan fingerprint density at radius 1 is 0.244 bits per heavy atom. The number of esters is 6. The Hall–Kier alpha value is -4.53. The van der Waals surface area contributed by atoms with Crippen LogP contribution >= 0.6 is 23.0 Å². The summed E-state index contributed by atoms with van der Waals surface area (Å²) in [5, 5.41) is 0. The maximum Gasteiger partial charge on any atom is 0.349 e. The average molecular weight is 1170 g/mol. The highest BCUT2D eigenvalue weighted by Crippen LogP contribution is 2.80. The zero-order valence-corrected chi connectivity index (χ0v) is 48.4. The third-order valence-corrected chi connectivity index (χ3v) is 17.0. The fourth-order valence-corrected chi connectivity index (χ4v) is 14.1. The molecule has 0 saturated carbocycles. The van der Waals surface area contributed by atoms with Gasteiger partial charge in [-0.2, -0.15) is 0 Å². The van der Waals surface area contributed by atoms with Crippen molar-refractivity contribution < 1.29 is 113 Å². The van der Waals surface area contributed by atoms with Crippen LogP contribution in [0.2, 0.25) is 0 Å². The summed E-state index contributed by atoms with van der Waals surface area (Å²) in [7, 11) is -12.5. The van der Waals surface area contributed by atoms with Crippen molar-refractivity contribution in [1.82, 2.24) is 0 Å². The molecule has 1 rings (SSSR count). The molecule has 30 heteroatoms. The molecule has 0 aliphatic carbocycles. The minimum atomic E-state index is -4.17. The first-order valence-corrected chi connectivity index (χ1v) is 28.9. The number of nitrogens with zero attached hydrogens (tertiary/aromatic N) is 3. The summed E-state index contributed by atoms with van der Waals surface area (Å²) in [6.07, 6.45) is 0. The molecule has 0 fully saturated rings. The van der Waals surface area contributed by atoms with E-state index in [4.69, 9.17) is 97.5 Å². The molecule has 1 aliphatic rings. The molecule has 0 atom stereocenters. The number of hydrogen-bond donors (Lipinski definition) is 0. The molecule has 0 aromatic heterocycles. The zero-order valence-electron chi connectivity index (χ0n) is 45.7. The van der Waals surface area contributed by atoms with E-state index in [0.29, 0.717) is 0 Å². The predicted molar refractivity (Wildman–Crippen MR) is 283 cm³/mol. The van der Waals surface area contributed by atoms with Crippen molar-refractivity contribution >= 4 is 58.8 Å². The highest BCUT2D eigenvalue weighted by molar-refractivity contribution is 7.78. The summed E-state index contributed by atoms with van der Waals surface area (Å²) in [4.78, 5) is 71.7. The molecule has 78 heavy (non-hydrogen) atoms. The summed E-state index contributed by atoms with van der Waals surface area (Å²) in [5.41, 5.74) is 1.22. The topological polar surface area (TPSA) is 306 Å². The van der Waals surface area contributed by atoms with E-state index >= 15 is 0 Å².